The molecular weight excluding hydrogens is 272 g/mol. The van der Waals surface area contributed by atoms with Gasteiger partial charge in [0, 0.05) is 18.7 Å². The third-order valence-corrected chi connectivity index (χ3v) is 3.25. The Bertz CT molecular complexity index is 644. The number of hydrogen-bond donors (Lipinski definition) is 1. The van der Waals surface area contributed by atoms with E-state index < -0.39 is 0 Å². The Morgan fingerprint density at radius 2 is 1.91 bits per heavy atom. The van der Waals surface area contributed by atoms with Crippen molar-refractivity contribution in [3.63, 3.8) is 0 Å². The van der Waals surface area contributed by atoms with Crippen LogP contribution in [0.1, 0.15) is 30.5 Å². The molecule has 0 unspecified atom stereocenters. The second kappa shape index (κ2) is 8.21. The molecule has 1 N–H and O–H groups in total. The Morgan fingerprint density at radius 3 is 2.68 bits per heavy atom. The third-order valence-electron chi connectivity index (χ3n) is 3.25. The lowest BCUT2D eigenvalue weighted by molar-refractivity contribution is 0.268. The normalized spacial score (nSPS) is 10.5. The number of rotatable bonds is 7. The van der Waals surface area contributed by atoms with Gasteiger partial charge in [0.2, 0.25) is 0 Å². The summed E-state index contributed by atoms with van der Waals surface area (Å²) in [6.07, 6.45) is 0. The van der Waals surface area contributed by atoms with Crippen LogP contribution in [0.3, 0.4) is 0 Å². The number of para-hydroxylation sites is 1. The molecule has 0 saturated heterocycles. The van der Waals surface area contributed by atoms with E-state index in [1.165, 1.54) is 0 Å². The van der Waals surface area contributed by atoms with Crippen molar-refractivity contribution in [2.24, 2.45) is 5.92 Å². The summed E-state index contributed by atoms with van der Waals surface area (Å²) in [5.74, 6) is 1.45. The largest absolute Gasteiger partial charge is 0.493 e. The number of nitrogens with one attached hydrogen (secondary N) is 1. The van der Waals surface area contributed by atoms with Gasteiger partial charge in [-0.25, -0.2) is 0 Å². The fraction of sp³-hybridized carbons (Fsp3) is 0.316. The quantitative estimate of drug-likeness (QED) is 0.842. The zero-order valence-corrected chi connectivity index (χ0v) is 13.2. The fourth-order valence-corrected chi connectivity index (χ4v) is 2.14. The molecule has 0 aliphatic carbocycles. The highest BCUT2D eigenvalue weighted by molar-refractivity contribution is 5.34. The maximum Gasteiger partial charge on any atom is 0.123 e. The summed E-state index contributed by atoms with van der Waals surface area (Å²) in [4.78, 5) is 0. The smallest absolute Gasteiger partial charge is 0.123 e. The van der Waals surface area contributed by atoms with E-state index in [1.54, 1.807) is 0 Å². The summed E-state index contributed by atoms with van der Waals surface area (Å²) in [5.41, 5.74) is 2.96. The Labute approximate surface area is 132 Å². The summed E-state index contributed by atoms with van der Waals surface area (Å²) >= 11 is 0. The zero-order valence-electron chi connectivity index (χ0n) is 13.2. The highest BCUT2D eigenvalue weighted by Gasteiger charge is 2.04. The first kappa shape index (κ1) is 16.1. The van der Waals surface area contributed by atoms with E-state index in [4.69, 9.17) is 10.00 Å². The van der Waals surface area contributed by atoms with Crippen LogP contribution in [0.25, 0.3) is 0 Å². The molecule has 3 heteroatoms. The lowest BCUT2D eigenvalue weighted by Gasteiger charge is -2.13. The molecule has 0 spiro atoms. The Morgan fingerprint density at radius 1 is 1.09 bits per heavy atom. The number of nitriles is 1. The molecule has 2 aromatic rings. The van der Waals surface area contributed by atoms with Crippen LogP contribution in [0.5, 0.6) is 5.75 Å². The Hall–Kier alpha value is -2.31. The summed E-state index contributed by atoms with van der Waals surface area (Å²) < 4.78 is 5.85. The molecule has 22 heavy (non-hydrogen) atoms. The minimum atomic E-state index is 0.509. The maximum absolute atomic E-state index is 8.92. The van der Waals surface area contributed by atoms with Crippen LogP contribution in [-0.4, -0.2) is 6.61 Å². The summed E-state index contributed by atoms with van der Waals surface area (Å²) in [7, 11) is 0. The van der Waals surface area contributed by atoms with Crippen LogP contribution in [0.2, 0.25) is 0 Å². The van der Waals surface area contributed by atoms with Crippen molar-refractivity contribution in [3.8, 4) is 11.8 Å². The van der Waals surface area contributed by atoms with Gasteiger partial charge in [0.25, 0.3) is 0 Å². The van der Waals surface area contributed by atoms with Gasteiger partial charge < -0.3 is 10.1 Å². The van der Waals surface area contributed by atoms with Gasteiger partial charge in [0.05, 0.1) is 18.2 Å². The van der Waals surface area contributed by atoms with Gasteiger partial charge in [-0.2, -0.15) is 5.26 Å². The highest BCUT2D eigenvalue weighted by atomic mass is 16.5. The van der Waals surface area contributed by atoms with Crippen molar-refractivity contribution >= 4 is 0 Å². The molecule has 0 bridgehead atoms. The first-order chi connectivity index (χ1) is 10.7. The monoisotopic (exact) mass is 294 g/mol. The van der Waals surface area contributed by atoms with Gasteiger partial charge in [-0.1, -0.05) is 44.2 Å². The molecule has 3 nitrogen and oxygen atoms in total. The molecule has 0 aliphatic heterocycles. The standard InChI is InChI=1S/C19H22N2O/c1-15(2)14-22-19-9-4-3-8-18(19)13-21-12-17-7-5-6-16(10-17)11-20/h3-10,15,21H,12-14H2,1-2H3. The van der Waals surface area contributed by atoms with E-state index in [2.05, 4.69) is 31.3 Å². The first-order valence-corrected chi connectivity index (χ1v) is 7.59. The first-order valence-electron chi connectivity index (χ1n) is 7.59. The van der Waals surface area contributed by atoms with Crippen LogP contribution in [0.4, 0.5) is 0 Å². The molecule has 0 amide bonds. The predicted octanol–water partition coefficient (Wildman–Crippen LogP) is 3.88. The van der Waals surface area contributed by atoms with Crippen LogP contribution >= 0.6 is 0 Å². The van der Waals surface area contributed by atoms with Crippen molar-refractivity contribution in [1.82, 2.24) is 5.32 Å². The van der Waals surface area contributed by atoms with Crippen molar-refractivity contribution in [2.75, 3.05) is 6.61 Å². The molecule has 0 radical (unpaired) electrons. The predicted molar refractivity (Wildman–Crippen MR) is 88.5 cm³/mol. The minimum Gasteiger partial charge on any atom is -0.493 e. The van der Waals surface area contributed by atoms with E-state index in [0.29, 0.717) is 11.5 Å². The second-order valence-electron chi connectivity index (χ2n) is 5.73. The van der Waals surface area contributed by atoms with Crippen molar-refractivity contribution in [2.45, 2.75) is 26.9 Å². The van der Waals surface area contributed by atoms with E-state index in [0.717, 1.165) is 36.6 Å². The SMILES string of the molecule is CC(C)COc1ccccc1CNCc1cccc(C#N)c1. The molecule has 0 saturated carbocycles. The van der Waals surface area contributed by atoms with Crippen LogP contribution in [0.15, 0.2) is 48.5 Å². The van der Waals surface area contributed by atoms with Crippen LogP contribution < -0.4 is 10.1 Å². The number of hydrogen-bond acceptors (Lipinski definition) is 3. The number of nitrogens with zero attached hydrogens (tertiary/aromatic N) is 1. The average molecular weight is 294 g/mol. The molecule has 2 aromatic carbocycles. The molecule has 0 heterocycles. The molecule has 114 valence electrons. The maximum atomic E-state index is 8.92. The molecule has 0 aliphatic rings. The molecule has 0 aromatic heterocycles. The van der Waals surface area contributed by atoms with Gasteiger partial charge in [0.1, 0.15) is 5.75 Å². The molecule has 2 rings (SSSR count). The van der Waals surface area contributed by atoms with Crippen molar-refractivity contribution in [3.05, 3.63) is 65.2 Å². The van der Waals surface area contributed by atoms with Gasteiger partial charge in [-0.15, -0.1) is 0 Å². The van der Waals surface area contributed by atoms with E-state index >= 15 is 0 Å². The summed E-state index contributed by atoms with van der Waals surface area (Å²) in [6.45, 7) is 6.48. The topological polar surface area (TPSA) is 45.0 Å². The number of ether oxygens (including phenoxy) is 1. The Kier molecular flexibility index (Phi) is 6.00. The van der Waals surface area contributed by atoms with Gasteiger partial charge in [-0.3, -0.25) is 0 Å². The Balaban J connectivity index is 1.92. The summed E-state index contributed by atoms with van der Waals surface area (Å²) in [5, 5.41) is 12.3. The minimum absolute atomic E-state index is 0.509. The van der Waals surface area contributed by atoms with Crippen molar-refractivity contribution < 1.29 is 4.74 Å². The number of benzene rings is 2. The molecular formula is C19H22N2O. The molecule has 0 atom stereocenters. The van der Waals surface area contributed by atoms with Gasteiger partial charge in [-0.05, 0) is 29.7 Å². The lowest BCUT2D eigenvalue weighted by atomic mass is 10.1. The lowest BCUT2D eigenvalue weighted by Crippen LogP contribution is -2.14. The van der Waals surface area contributed by atoms with Gasteiger partial charge >= 0.3 is 0 Å². The van der Waals surface area contributed by atoms with Crippen molar-refractivity contribution in [1.29, 1.82) is 5.26 Å². The van der Waals surface area contributed by atoms with E-state index in [-0.39, 0.29) is 0 Å². The summed E-state index contributed by atoms with van der Waals surface area (Å²) in [6, 6.07) is 17.9. The van der Waals surface area contributed by atoms with E-state index in [1.807, 2.05) is 42.5 Å². The van der Waals surface area contributed by atoms with Crippen LogP contribution in [0, 0.1) is 17.2 Å². The second-order valence-corrected chi connectivity index (χ2v) is 5.73. The van der Waals surface area contributed by atoms with E-state index in [9.17, 15) is 0 Å². The zero-order chi connectivity index (χ0) is 15.8. The highest BCUT2D eigenvalue weighted by Crippen LogP contribution is 2.18. The fourth-order valence-electron chi connectivity index (χ4n) is 2.14. The van der Waals surface area contributed by atoms with Crippen LogP contribution in [-0.2, 0) is 13.1 Å². The average Bonchev–Trinajstić information content (AvgIpc) is 2.54. The molecule has 0 fully saturated rings. The van der Waals surface area contributed by atoms with Gasteiger partial charge in [0.15, 0.2) is 0 Å². The third kappa shape index (κ3) is 4.91.